The van der Waals surface area contributed by atoms with Crippen molar-refractivity contribution in [2.75, 3.05) is 20.8 Å². The van der Waals surface area contributed by atoms with Gasteiger partial charge >= 0.3 is 5.97 Å². The first kappa shape index (κ1) is 33.0. The molecule has 0 aromatic heterocycles. The van der Waals surface area contributed by atoms with Gasteiger partial charge in [-0.2, -0.15) is 0 Å². The first-order valence-electron chi connectivity index (χ1n) is 14.9. The van der Waals surface area contributed by atoms with Crippen molar-refractivity contribution in [3.8, 4) is 5.75 Å². The molecular weight excluding hydrogens is 636 g/mol. The number of aliphatic carboxylic acids is 1. The summed E-state index contributed by atoms with van der Waals surface area (Å²) in [6.45, 7) is 4.42. The van der Waals surface area contributed by atoms with Crippen LogP contribution in [-0.4, -0.2) is 124 Å². The Balaban J connectivity index is 1.31. The van der Waals surface area contributed by atoms with Crippen LogP contribution in [0.5, 0.6) is 5.75 Å². The summed E-state index contributed by atoms with van der Waals surface area (Å²) < 4.78 is -0.772. The Morgan fingerprint density at radius 1 is 1.09 bits per heavy atom. The van der Waals surface area contributed by atoms with E-state index in [9.17, 15) is 54.6 Å². The average Bonchev–Trinajstić information content (AvgIpc) is 3.23. The van der Waals surface area contributed by atoms with Crippen LogP contribution in [0, 0.1) is 11.8 Å². The molecule has 3 fully saturated rings. The average molecular weight is 673 g/mol. The molecule has 47 heavy (non-hydrogen) atoms. The second-order valence-corrected chi connectivity index (χ2v) is 15.3. The van der Waals surface area contributed by atoms with Crippen molar-refractivity contribution >= 4 is 46.9 Å². The number of β-lactam (4-membered cyclic amide) rings is 1. The number of nitrogens with zero attached hydrogens (tertiary/aromatic N) is 2. The van der Waals surface area contributed by atoms with Gasteiger partial charge in [-0.05, 0) is 52.9 Å². The Hall–Kier alpha value is -3.96. The minimum absolute atomic E-state index is 0.129. The predicted molar refractivity (Wildman–Crippen MR) is 165 cm³/mol. The van der Waals surface area contributed by atoms with Crippen LogP contribution in [0.1, 0.15) is 38.3 Å². The van der Waals surface area contributed by atoms with Gasteiger partial charge in [-0.15, -0.1) is 11.8 Å². The van der Waals surface area contributed by atoms with Gasteiger partial charge in [0.1, 0.15) is 40.3 Å². The minimum Gasteiger partial charge on any atom is -0.508 e. The maximum absolute atomic E-state index is 14.2. The zero-order valence-corrected chi connectivity index (χ0v) is 27.0. The summed E-state index contributed by atoms with van der Waals surface area (Å²) in [5.41, 5.74) is -6.17. The number of phenolic OH excluding ortho intramolecular Hbond substituents is 1. The third-order valence-corrected chi connectivity index (χ3v) is 11.8. The zero-order valence-electron chi connectivity index (χ0n) is 26.1. The van der Waals surface area contributed by atoms with Crippen molar-refractivity contribution in [1.82, 2.24) is 20.4 Å². The van der Waals surface area contributed by atoms with E-state index in [1.165, 1.54) is 60.8 Å². The van der Waals surface area contributed by atoms with E-state index >= 15 is 0 Å². The number of nitrogens with one attached hydrogen (secondary N) is 2. The Morgan fingerprint density at radius 3 is 2.36 bits per heavy atom. The third-order valence-electron chi connectivity index (χ3n) is 10.2. The largest absolute Gasteiger partial charge is 0.508 e. The number of likely N-dealkylation sites (N-methyl/N-ethyl adjacent to an activating group) is 1. The summed E-state index contributed by atoms with van der Waals surface area (Å²) in [6.07, 6.45) is -0.272. The molecule has 2 amide bonds. The van der Waals surface area contributed by atoms with Crippen molar-refractivity contribution in [3.63, 3.8) is 0 Å². The molecule has 2 saturated heterocycles. The lowest BCUT2D eigenvalue weighted by atomic mass is 9.54. The molecule has 16 heteroatoms. The lowest BCUT2D eigenvalue weighted by Gasteiger charge is -2.53. The number of aromatic hydroxyl groups is 1. The van der Waals surface area contributed by atoms with E-state index < -0.39 is 116 Å². The molecule has 2 heterocycles. The number of carbonyl (C=O) groups is 5. The first-order chi connectivity index (χ1) is 21.8. The number of rotatable bonds is 6. The number of Topliss-reactive ketones (excluding diaryl/α,β-unsaturated/α-hetero) is 2. The topological polar surface area (TPSA) is 237 Å². The summed E-state index contributed by atoms with van der Waals surface area (Å²) in [5, 5.41) is 71.2. The standard InChI is InChI=1S/C31H36N4O11S/c1-29(2)22(28(43)44)35-26(42)18(27(35)47-29)32-10-33-25(41)17-21(38)19(34(4)5)13-9-12-16(23(39)31(13,46)24(17)40)20(37)15-11(30(12,3)45)7-6-8-14(15)36/h6-8,12-13,18-19,22,27,32,36-37,40,45-46H,9-10H2,1-5H3,(H,33,41)(H,43,44)/t12-,13+,18-,19-,22-,27-,30-,31+/m1/s1. The molecule has 0 radical (unpaired) electrons. The van der Waals surface area contributed by atoms with Crippen LogP contribution in [0.3, 0.4) is 0 Å². The Labute approximate surface area is 272 Å². The smallest absolute Gasteiger partial charge is 0.327 e. The molecule has 1 saturated carbocycles. The number of hydrogen-bond acceptors (Lipinski definition) is 13. The molecule has 0 bridgehead atoms. The molecule has 252 valence electrons. The predicted octanol–water partition coefficient (Wildman–Crippen LogP) is -0.677. The van der Waals surface area contributed by atoms with E-state index in [0.29, 0.717) is 0 Å². The number of carbonyl (C=O) groups excluding carboxylic acids is 4. The van der Waals surface area contributed by atoms with E-state index in [4.69, 9.17) is 0 Å². The number of aliphatic hydroxyl groups excluding tert-OH is 2. The fourth-order valence-electron chi connectivity index (χ4n) is 8.01. The van der Waals surface area contributed by atoms with Crippen molar-refractivity contribution in [3.05, 3.63) is 46.2 Å². The number of amides is 2. The van der Waals surface area contributed by atoms with E-state index in [2.05, 4.69) is 10.6 Å². The van der Waals surface area contributed by atoms with Gasteiger partial charge in [0.15, 0.2) is 11.4 Å². The SMILES string of the molecule is CN(C)[C@H]1C(=O)C(C(=O)NCN[C@@H]2C(=O)N3[C@@H]2SC(C)(C)[C@H]3C(=O)O)=C(O)[C@@]2(O)C(=O)C3=C(O)c4c(O)cccc4[C@@](C)(O)[C@@H]3C[C@@H]12. The van der Waals surface area contributed by atoms with Crippen LogP contribution in [0.2, 0.25) is 0 Å². The quantitative estimate of drug-likeness (QED) is 0.106. The zero-order chi connectivity index (χ0) is 34.7. The summed E-state index contributed by atoms with van der Waals surface area (Å²) >= 11 is 1.29. The highest BCUT2D eigenvalue weighted by Gasteiger charge is 2.67. The highest BCUT2D eigenvalue weighted by Crippen LogP contribution is 2.57. The van der Waals surface area contributed by atoms with Gasteiger partial charge in [0.05, 0.1) is 23.9 Å². The molecule has 0 spiro atoms. The molecule has 5 aliphatic rings. The van der Waals surface area contributed by atoms with Crippen LogP contribution in [0.25, 0.3) is 5.76 Å². The van der Waals surface area contributed by atoms with E-state index in [1.54, 1.807) is 13.8 Å². The van der Waals surface area contributed by atoms with Crippen molar-refractivity contribution < 1.29 is 54.6 Å². The van der Waals surface area contributed by atoms with Gasteiger partial charge in [-0.25, -0.2) is 4.79 Å². The minimum atomic E-state index is -2.87. The van der Waals surface area contributed by atoms with Crippen LogP contribution >= 0.6 is 11.8 Å². The fraction of sp³-hybridized carbons (Fsp3) is 0.516. The summed E-state index contributed by atoms with van der Waals surface area (Å²) in [5.74, 6) is -9.79. The highest BCUT2D eigenvalue weighted by atomic mass is 32.2. The van der Waals surface area contributed by atoms with Gasteiger partial charge in [0, 0.05) is 22.2 Å². The second-order valence-electron chi connectivity index (χ2n) is 13.6. The normalized spacial score (nSPS) is 35.7. The highest BCUT2D eigenvalue weighted by molar-refractivity contribution is 8.01. The number of ketones is 2. The van der Waals surface area contributed by atoms with Gasteiger partial charge in [-0.3, -0.25) is 29.4 Å². The molecular formula is C31H36N4O11S. The molecule has 15 nitrogen and oxygen atoms in total. The van der Waals surface area contributed by atoms with Crippen LogP contribution in [0.15, 0.2) is 35.1 Å². The first-order valence-corrected chi connectivity index (χ1v) is 15.8. The Bertz CT molecular complexity index is 1720. The summed E-state index contributed by atoms with van der Waals surface area (Å²) in [4.78, 5) is 68.7. The third kappa shape index (κ3) is 4.31. The number of fused-ring (bicyclic) bond motifs is 4. The summed E-state index contributed by atoms with van der Waals surface area (Å²) in [7, 11) is 2.97. The van der Waals surface area contributed by atoms with Gasteiger partial charge in [-0.1, -0.05) is 12.1 Å². The van der Waals surface area contributed by atoms with E-state index in [0.717, 1.165) is 0 Å². The lowest BCUT2D eigenvalue weighted by molar-refractivity contribution is -0.160. The van der Waals surface area contributed by atoms with Crippen molar-refractivity contribution in [2.24, 2.45) is 11.8 Å². The molecule has 1 aromatic rings. The molecule has 2 aliphatic heterocycles. The van der Waals surface area contributed by atoms with Gasteiger partial charge in [0.2, 0.25) is 11.7 Å². The number of carboxylic acids is 1. The van der Waals surface area contributed by atoms with Gasteiger partial charge < -0.3 is 40.9 Å². The van der Waals surface area contributed by atoms with Crippen molar-refractivity contribution in [1.29, 1.82) is 0 Å². The van der Waals surface area contributed by atoms with Crippen LogP contribution in [0.4, 0.5) is 0 Å². The van der Waals surface area contributed by atoms with Crippen LogP contribution in [-0.2, 0) is 29.6 Å². The number of hydrogen-bond donors (Lipinski definition) is 8. The number of benzene rings is 1. The second kappa shape index (κ2) is 10.5. The van der Waals surface area contributed by atoms with Gasteiger partial charge in [0.25, 0.3) is 5.91 Å². The molecule has 6 rings (SSSR count). The number of thioether (sulfide) groups is 1. The number of phenols is 1. The molecule has 0 unspecified atom stereocenters. The fourth-order valence-corrected chi connectivity index (χ4v) is 9.67. The van der Waals surface area contributed by atoms with Crippen molar-refractivity contribution in [2.45, 2.75) is 66.6 Å². The molecule has 8 atom stereocenters. The molecule has 8 N–H and O–H groups in total. The molecule has 3 aliphatic carbocycles. The maximum atomic E-state index is 14.2. The monoisotopic (exact) mass is 672 g/mol. The number of aliphatic hydroxyl groups is 4. The lowest BCUT2D eigenvalue weighted by Crippen LogP contribution is -2.70. The van der Waals surface area contributed by atoms with E-state index in [1.807, 2.05) is 0 Å². The van der Waals surface area contributed by atoms with E-state index in [-0.39, 0.29) is 17.5 Å². The molecule has 1 aromatic carbocycles. The van der Waals surface area contributed by atoms with Crippen LogP contribution < -0.4 is 10.6 Å². The summed E-state index contributed by atoms with van der Waals surface area (Å²) in [6, 6.07) is 0.968. The number of carboxylic acid groups (broad SMARTS) is 1. The Kier molecular flexibility index (Phi) is 7.38. The Morgan fingerprint density at radius 2 is 1.74 bits per heavy atom. The maximum Gasteiger partial charge on any atom is 0.327 e.